The molecular weight excluding hydrogens is 507 g/mol. The second-order valence-electron chi connectivity index (χ2n) is 7.76. The molecule has 1 saturated heterocycles. The van der Waals surface area contributed by atoms with Gasteiger partial charge in [0.15, 0.2) is 5.96 Å². The van der Waals surface area contributed by atoms with Crippen molar-refractivity contribution >= 4 is 35.8 Å². The zero-order valence-corrected chi connectivity index (χ0v) is 21.6. The number of hydrogen-bond donors (Lipinski definition) is 3. The molecule has 31 heavy (non-hydrogen) atoms. The summed E-state index contributed by atoms with van der Waals surface area (Å²) < 4.78 is 5.13. The predicted molar refractivity (Wildman–Crippen MR) is 137 cm³/mol. The number of nitrogens with zero attached hydrogens (tertiary/aromatic N) is 2. The van der Waals surface area contributed by atoms with E-state index in [0.717, 1.165) is 56.8 Å². The number of piperidine rings is 1. The van der Waals surface area contributed by atoms with E-state index in [9.17, 15) is 9.90 Å². The van der Waals surface area contributed by atoms with Gasteiger partial charge in [0, 0.05) is 44.2 Å². The van der Waals surface area contributed by atoms with Crippen molar-refractivity contribution in [2.45, 2.75) is 58.9 Å². The van der Waals surface area contributed by atoms with Crippen molar-refractivity contribution in [2.75, 3.05) is 33.3 Å². The third-order valence-electron chi connectivity index (χ3n) is 5.77. The van der Waals surface area contributed by atoms with Gasteiger partial charge in [-0.05, 0) is 50.7 Å². The van der Waals surface area contributed by atoms with Gasteiger partial charge in [0.2, 0.25) is 5.91 Å². The monoisotopic (exact) mass is 546 g/mol. The molecule has 0 spiro atoms. The molecule has 0 radical (unpaired) electrons. The van der Waals surface area contributed by atoms with Crippen LogP contribution in [0.5, 0.6) is 11.5 Å². The maximum absolute atomic E-state index is 12.6. The van der Waals surface area contributed by atoms with E-state index in [4.69, 9.17) is 4.74 Å². The summed E-state index contributed by atoms with van der Waals surface area (Å²) in [5.74, 6) is 2.12. The lowest BCUT2D eigenvalue weighted by Crippen LogP contribution is -2.50. The van der Waals surface area contributed by atoms with Crippen LogP contribution in [0.1, 0.15) is 52.0 Å². The number of nitrogens with one attached hydrogen (secondary N) is 2. The zero-order valence-electron chi connectivity index (χ0n) is 19.3. The zero-order chi connectivity index (χ0) is 21.9. The van der Waals surface area contributed by atoms with Crippen LogP contribution in [0, 0.1) is 5.92 Å². The number of likely N-dealkylation sites (tertiary alicyclic amines) is 1. The Morgan fingerprint density at radius 1 is 1.26 bits per heavy atom. The van der Waals surface area contributed by atoms with Gasteiger partial charge in [-0.25, -0.2) is 0 Å². The summed E-state index contributed by atoms with van der Waals surface area (Å²) in [6.07, 6.45) is 4.32. The Labute approximate surface area is 204 Å². The number of methoxy groups -OCH3 is 1. The maximum Gasteiger partial charge on any atom is 0.225 e. The van der Waals surface area contributed by atoms with Crippen molar-refractivity contribution in [2.24, 2.45) is 10.9 Å². The van der Waals surface area contributed by atoms with E-state index in [1.807, 2.05) is 24.0 Å². The molecular formula is C23H39IN4O3. The Hall–Kier alpha value is -1.71. The predicted octanol–water partition coefficient (Wildman–Crippen LogP) is 3.54. The Balaban J connectivity index is 0.00000480. The summed E-state index contributed by atoms with van der Waals surface area (Å²) in [4.78, 5) is 19.3. The minimum absolute atomic E-state index is 0. The molecule has 1 heterocycles. The second kappa shape index (κ2) is 14.4. The maximum atomic E-state index is 12.6. The molecule has 1 aliphatic rings. The van der Waals surface area contributed by atoms with Crippen molar-refractivity contribution in [3.05, 3.63) is 23.8 Å². The molecule has 1 aromatic rings. The van der Waals surface area contributed by atoms with Gasteiger partial charge >= 0.3 is 0 Å². The van der Waals surface area contributed by atoms with Crippen LogP contribution in [0.25, 0.3) is 0 Å². The third-order valence-corrected chi connectivity index (χ3v) is 5.77. The Morgan fingerprint density at radius 2 is 1.94 bits per heavy atom. The first kappa shape index (κ1) is 27.3. The molecule has 3 N–H and O–H groups in total. The fraction of sp³-hybridized carbons (Fsp3) is 0.652. The van der Waals surface area contributed by atoms with Crippen LogP contribution in [0.4, 0.5) is 0 Å². The molecule has 1 aromatic carbocycles. The summed E-state index contributed by atoms with van der Waals surface area (Å²) in [5, 5.41) is 16.9. The fourth-order valence-corrected chi connectivity index (χ4v) is 3.82. The van der Waals surface area contributed by atoms with Gasteiger partial charge < -0.3 is 25.4 Å². The number of benzene rings is 1. The molecule has 1 fully saturated rings. The molecule has 0 saturated carbocycles. The van der Waals surface area contributed by atoms with Crippen molar-refractivity contribution in [1.29, 1.82) is 0 Å². The number of carbonyl (C=O) groups excluding carboxylic acids is 1. The molecule has 0 unspecified atom stereocenters. The minimum atomic E-state index is 0. The van der Waals surface area contributed by atoms with Crippen LogP contribution in [-0.2, 0) is 11.2 Å². The number of ether oxygens (including phenoxy) is 1. The van der Waals surface area contributed by atoms with Crippen LogP contribution in [0.3, 0.4) is 0 Å². The molecule has 0 bridgehead atoms. The van der Waals surface area contributed by atoms with Gasteiger partial charge in [-0.3, -0.25) is 9.79 Å². The number of carbonyl (C=O) groups is 1. The molecule has 2 rings (SSSR count). The SMILES string of the molecule is CCNC(=NCCc1ccc(OC)cc1O)NC1CCN(C(=O)C(CC)CC)CC1.I. The topological polar surface area (TPSA) is 86.2 Å². The number of hydrogen-bond acceptors (Lipinski definition) is 4. The van der Waals surface area contributed by atoms with Crippen LogP contribution in [0.15, 0.2) is 23.2 Å². The number of amides is 1. The van der Waals surface area contributed by atoms with Gasteiger partial charge in [-0.15, -0.1) is 24.0 Å². The quantitative estimate of drug-likeness (QED) is 0.251. The lowest BCUT2D eigenvalue weighted by Gasteiger charge is -2.34. The summed E-state index contributed by atoms with van der Waals surface area (Å²) in [6.45, 7) is 9.17. The number of aliphatic imine (C=N–C) groups is 1. The lowest BCUT2D eigenvalue weighted by atomic mass is 9.98. The highest BCUT2D eigenvalue weighted by molar-refractivity contribution is 14.0. The van der Waals surface area contributed by atoms with E-state index in [2.05, 4.69) is 29.5 Å². The number of aromatic hydroxyl groups is 1. The molecule has 1 amide bonds. The van der Waals surface area contributed by atoms with E-state index in [1.165, 1.54) is 0 Å². The molecule has 8 heteroatoms. The number of rotatable bonds is 9. The Bertz CT molecular complexity index is 702. The van der Waals surface area contributed by atoms with Crippen molar-refractivity contribution < 1.29 is 14.6 Å². The largest absolute Gasteiger partial charge is 0.508 e. The number of halogens is 1. The van der Waals surface area contributed by atoms with Gasteiger partial charge in [-0.2, -0.15) is 0 Å². The van der Waals surface area contributed by atoms with Crippen LogP contribution >= 0.6 is 24.0 Å². The first-order valence-corrected chi connectivity index (χ1v) is 11.2. The normalized spacial score (nSPS) is 14.9. The van der Waals surface area contributed by atoms with Crippen LogP contribution in [-0.4, -0.2) is 61.2 Å². The van der Waals surface area contributed by atoms with Crippen LogP contribution < -0.4 is 15.4 Å². The van der Waals surface area contributed by atoms with E-state index in [-0.39, 0.29) is 35.6 Å². The summed E-state index contributed by atoms with van der Waals surface area (Å²) >= 11 is 0. The number of guanidine groups is 1. The van der Waals surface area contributed by atoms with E-state index >= 15 is 0 Å². The van der Waals surface area contributed by atoms with Crippen molar-refractivity contribution in [1.82, 2.24) is 15.5 Å². The van der Waals surface area contributed by atoms with Crippen molar-refractivity contribution in [3.8, 4) is 11.5 Å². The highest BCUT2D eigenvalue weighted by atomic mass is 127. The summed E-state index contributed by atoms with van der Waals surface area (Å²) in [6, 6.07) is 5.65. The molecule has 0 atom stereocenters. The highest BCUT2D eigenvalue weighted by Gasteiger charge is 2.26. The Kier molecular flexibility index (Phi) is 12.7. The first-order valence-electron chi connectivity index (χ1n) is 11.2. The first-order chi connectivity index (χ1) is 14.5. The van der Waals surface area contributed by atoms with E-state index in [0.29, 0.717) is 30.7 Å². The van der Waals surface area contributed by atoms with E-state index < -0.39 is 0 Å². The molecule has 1 aliphatic heterocycles. The summed E-state index contributed by atoms with van der Waals surface area (Å²) in [5.41, 5.74) is 0.851. The second-order valence-corrected chi connectivity index (χ2v) is 7.76. The fourth-order valence-electron chi connectivity index (χ4n) is 3.82. The van der Waals surface area contributed by atoms with Crippen LogP contribution in [0.2, 0.25) is 0 Å². The number of phenolic OH excluding ortho intramolecular Hbond substituents is 1. The van der Waals surface area contributed by atoms with Crippen molar-refractivity contribution in [3.63, 3.8) is 0 Å². The lowest BCUT2D eigenvalue weighted by molar-refractivity contribution is -0.136. The van der Waals surface area contributed by atoms with Gasteiger partial charge in [-0.1, -0.05) is 19.9 Å². The van der Waals surface area contributed by atoms with Gasteiger partial charge in [0.05, 0.1) is 7.11 Å². The molecule has 0 aliphatic carbocycles. The number of phenols is 1. The standard InChI is InChI=1S/C23H38N4O3.HI/c1-5-17(6-2)22(29)27-14-11-19(12-15-27)26-23(24-7-3)25-13-10-18-8-9-20(30-4)16-21(18)28;/h8-9,16-17,19,28H,5-7,10-15H2,1-4H3,(H2,24,25,26);1H. The molecule has 176 valence electrons. The highest BCUT2D eigenvalue weighted by Crippen LogP contribution is 2.23. The smallest absolute Gasteiger partial charge is 0.225 e. The average molecular weight is 546 g/mol. The minimum Gasteiger partial charge on any atom is -0.508 e. The summed E-state index contributed by atoms with van der Waals surface area (Å²) in [7, 11) is 1.58. The molecule has 7 nitrogen and oxygen atoms in total. The molecule has 0 aromatic heterocycles. The van der Waals surface area contributed by atoms with Gasteiger partial charge in [0.25, 0.3) is 0 Å². The average Bonchev–Trinajstić information content (AvgIpc) is 2.76. The third kappa shape index (κ3) is 8.38. The Morgan fingerprint density at radius 3 is 2.48 bits per heavy atom. The van der Waals surface area contributed by atoms with Gasteiger partial charge in [0.1, 0.15) is 11.5 Å². The van der Waals surface area contributed by atoms with E-state index in [1.54, 1.807) is 13.2 Å².